The van der Waals surface area contributed by atoms with Gasteiger partial charge in [0.1, 0.15) is 17.2 Å². The molecular formula is C21H20ClNO4. The number of hydrogen-bond acceptors (Lipinski definition) is 3. The summed E-state index contributed by atoms with van der Waals surface area (Å²) in [5.74, 6) is 1.25. The van der Waals surface area contributed by atoms with Crippen LogP contribution in [0.3, 0.4) is 0 Å². The van der Waals surface area contributed by atoms with Gasteiger partial charge in [-0.3, -0.25) is 0 Å². The first-order valence-corrected chi connectivity index (χ1v) is 9.32. The Kier molecular flexibility index (Phi) is 4.70. The van der Waals surface area contributed by atoms with E-state index in [0.717, 1.165) is 11.1 Å². The molecule has 0 radical (unpaired) electrons. The summed E-state index contributed by atoms with van der Waals surface area (Å²) in [7, 11) is 0. The number of carboxylic acid groups (broad SMARTS) is 1. The zero-order valence-corrected chi connectivity index (χ0v) is 15.7. The molecule has 1 heterocycles. The van der Waals surface area contributed by atoms with Crippen molar-refractivity contribution >= 4 is 28.5 Å². The highest BCUT2D eigenvalue weighted by molar-refractivity contribution is 6.32. The van der Waals surface area contributed by atoms with Crippen LogP contribution in [-0.2, 0) is 4.79 Å². The minimum absolute atomic E-state index is 0.378. The van der Waals surface area contributed by atoms with Crippen molar-refractivity contribution < 1.29 is 19.4 Å². The predicted octanol–water partition coefficient (Wildman–Crippen LogP) is 5.65. The number of rotatable bonds is 6. The molecule has 6 heteroatoms. The monoisotopic (exact) mass is 385 g/mol. The number of aromatic amines is 1. The number of aryl methyl sites for hydroxylation is 1. The highest BCUT2D eigenvalue weighted by atomic mass is 35.5. The maximum Gasteiger partial charge on any atom is 0.341 e. The van der Waals surface area contributed by atoms with Gasteiger partial charge in [0.15, 0.2) is 6.61 Å². The highest BCUT2D eigenvalue weighted by Crippen LogP contribution is 2.41. The second kappa shape index (κ2) is 7.16. The molecular weight excluding hydrogens is 366 g/mol. The fourth-order valence-electron chi connectivity index (χ4n) is 3.42. The Hall–Kier alpha value is -2.66. The quantitative estimate of drug-likeness (QED) is 0.574. The smallest absolute Gasteiger partial charge is 0.341 e. The summed E-state index contributed by atoms with van der Waals surface area (Å²) in [5.41, 5.74) is 3.22. The Morgan fingerprint density at radius 2 is 2.07 bits per heavy atom. The third kappa shape index (κ3) is 3.60. The minimum Gasteiger partial charge on any atom is -0.482 e. The topological polar surface area (TPSA) is 71.6 Å². The lowest BCUT2D eigenvalue weighted by Gasteiger charge is -2.25. The number of halogens is 1. The molecule has 1 fully saturated rings. The maximum atomic E-state index is 10.7. The number of carboxylic acids is 1. The molecule has 1 aromatic heterocycles. The molecule has 0 unspecified atom stereocenters. The van der Waals surface area contributed by atoms with Gasteiger partial charge in [-0.15, -0.1) is 0 Å². The fraction of sp³-hybridized carbons (Fsp3) is 0.286. The molecule has 27 heavy (non-hydrogen) atoms. The molecule has 0 spiro atoms. The molecule has 0 aliphatic heterocycles. The first-order valence-electron chi connectivity index (χ1n) is 8.95. The molecule has 5 nitrogen and oxygen atoms in total. The van der Waals surface area contributed by atoms with E-state index in [1.165, 1.54) is 30.2 Å². The van der Waals surface area contributed by atoms with Crippen LogP contribution in [0.1, 0.15) is 36.3 Å². The van der Waals surface area contributed by atoms with Crippen molar-refractivity contribution in [1.82, 2.24) is 4.98 Å². The highest BCUT2D eigenvalue weighted by Gasteiger charge is 2.22. The number of aromatic nitrogens is 1. The van der Waals surface area contributed by atoms with Gasteiger partial charge in [-0.25, -0.2) is 4.79 Å². The van der Waals surface area contributed by atoms with Crippen LogP contribution in [0.2, 0.25) is 5.02 Å². The molecule has 1 saturated carbocycles. The standard InChI is InChI=1S/C21H20ClNO4/c1-12-7-15(26-11-20(24)25)9-18(22)21(12)27-14-5-6-19-16(8-14)17(10-23-19)13-3-2-4-13/h5-10,13,23H,2-4,11H2,1H3,(H,24,25). The van der Waals surface area contributed by atoms with Gasteiger partial charge in [-0.1, -0.05) is 18.0 Å². The molecule has 0 saturated heterocycles. The Labute approximate surface area is 161 Å². The predicted molar refractivity (Wildman–Crippen MR) is 104 cm³/mol. The summed E-state index contributed by atoms with van der Waals surface area (Å²) in [5, 5.41) is 10.3. The van der Waals surface area contributed by atoms with Crippen LogP contribution in [0, 0.1) is 6.92 Å². The van der Waals surface area contributed by atoms with E-state index in [1.54, 1.807) is 12.1 Å². The van der Waals surface area contributed by atoms with Crippen LogP contribution in [0.4, 0.5) is 0 Å². The SMILES string of the molecule is Cc1cc(OCC(=O)O)cc(Cl)c1Oc1ccc2[nH]cc(C3CCC3)c2c1. The fourth-order valence-corrected chi connectivity index (χ4v) is 3.71. The molecule has 2 aromatic carbocycles. The second-order valence-corrected chi connectivity index (χ2v) is 7.32. The second-order valence-electron chi connectivity index (χ2n) is 6.91. The number of nitrogens with one attached hydrogen (secondary N) is 1. The van der Waals surface area contributed by atoms with Gasteiger partial charge in [0.05, 0.1) is 5.02 Å². The molecule has 0 amide bonds. The largest absolute Gasteiger partial charge is 0.482 e. The zero-order chi connectivity index (χ0) is 19.0. The first kappa shape index (κ1) is 17.7. The van der Waals surface area contributed by atoms with Crippen LogP contribution in [0.25, 0.3) is 10.9 Å². The van der Waals surface area contributed by atoms with Gasteiger partial charge in [0.2, 0.25) is 0 Å². The average Bonchev–Trinajstić information content (AvgIpc) is 2.98. The van der Waals surface area contributed by atoms with E-state index >= 15 is 0 Å². The van der Waals surface area contributed by atoms with E-state index in [4.69, 9.17) is 26.2 Å². The van der Waals surface area contributed by atoms with Crippen LogP contribution in [-0.4, -0.2) is 22.7 Å². The summed E-state index contributed by atoms with van der Waals surface area (Å²) < 4.78 is 11.3. The Morgan fingerprint density at radius 3 is 2.74 bits per heavy atom. The molecule has 0 bridgehead atoms. The van der Waals surface area contributed by atoms with E-state index in [1.807, 2.05) is 25.1 Å². The van der Waals surface area contributed by atoms with Crippen LogP contribution >= 0.6 is 11.6 Å². The van der Waals surface area contributed by atoms with Gasteiger partial charge in [-0.05, 0) is 61.1 Å². The van der Waals surface area contributed by atoms with Crippen LogP contribution < -0.4 is 9.47 Å². The Bertz CT molecular complexity index is 984. The van der Waals surface area contributed by atoms with Crippen molar-refractivity contribution in [1.29, 1.82) is 0 Å². The number of H-pyrrole nitrogens is 1. The molecule has 2 N–H and O–H groups in total. The van der Waals surface area contributed by atoms with E-state index in [-0.39, 0.29) is 0 Å². The maximum absolute atomic E-state index is 10.7. The van der Waals surface area contributed by atoms with Gasteiger partial charge >= 0.3 is 5.97 Å². The van der Waals surface area contributed by atoms with E-state index in [2.05, 4.69) is 11.2 Å². The number of aliphatic carboxylic acids is 1. The number of benzene rings is 2. The van der Waals surface area contributed by atoms with Crippen molar-refractivity contribution in [2.75, 3.05) is 6.61 Å². The van der Waals surface area contributed by atoms with Crippen molar-refractivity contribution in [2.24, 2.45) is 0 Å². The molecule has 1 aliphatic rings. The van der Waals surface area contributed by atoms with Gasteiger partial charge < -0.3 is 19.6 Å². The summed E-state index contributed by atoms with van der Waals surface area (Å²) in [6, 6.07) is 9.26. The van der Waals surface area contributed by atoms with Gasteiger partial charge in [0.25, 0.3) is 0 Å². The van der Waals surface area contributed by atoms with Gasteiger partial charge in [0, 0.05) is 23.2 Å². The summed E-state index contributed by atoms with van der Waals surface area (Å²) >= 11 is 6.35. The van der Waals surface area contributed by atoms with Crippen LogP contribution in [0.15, 0.2) is 36.5 Å². The van der Waals surface area contributed by atoms with E-state index < -0.39 is 12.6 Å². The van der Waals surface area contributed by atoms with Crippen LogP contribution in [0.5, 0.6) is 17.2 Å². The minimum atomic E-state index is -1.04. The van der Waals surface area contributed by atoms with Crippen molar-refractivity contribution in [3.8, 4) is 17.2 Å². The number of ether oxygens (including phenoxy) is 2. The number of hydrogen-bond donors (Lipinski definition) is 2. The third-order valence-corrected chi connectivity index (χ3v) is 5.30. The average molecular weight is 386 g/mol. The summed E-state index contributed by atoms with van der Waals surface area (Å²) in [6.07, 6.45) is 5.87. The first-order chi connectivity index (χ1) is 13.0. The van der Waals surface area contributed by atoms with Crippen molar-refractivity contribution in [3.05, 3.63) is 52.7 Å². The Morgan fingerprint density at radius 1 is 1.26 bits per heavy atom. The zero-order valence-electron chi connectivity index (χ0n) is 14.9. The molecule has 1 aliphatic carbocycles. The lowest BCUT2D eigenvalue weighted by molar-refractivity contribution is -0.139. The van der Waals surface area contributed by atoms with Crippen molar-refractivity contribution in [3.63, 3.8) is 0 Å². The van der Waals surface area contributed by atoms with Crippen molar-refractivity contribution in [2.45, 2.75) is 32.1 Å². The molecule has 0 atom stereocenters. The van der Waals surface area contributed by atoms with E-state index in [9.17, 15) is 4.79 Å². The molecule has 3 aromatic rings. The lowest BCUT2D eigenvalue weighted by atomic mass is 9.80. The number of fused-ring (bicyclic) bond motifs is 1. The van der Waals surface area contributed by atoms with Gasteiger partial charge in [-0.2, -0.15) is 0 Å². The molecule has 140 valence electrons. The van der Waals surface area contributed by atoms with E-state index in [0.29, 0.717) is 28.2 Å². The Balaban J connectivity index is 1.60. The summed E-state index contributed by atoms with van der Waals surface area (Å²) in [4.78, 5) is 14.0. The molecule has 4 rings (SSSR count). The number of carbonyl (C=O) groups is 1. The lowest BCUT2D eigenvalue weighted by Crippen LogP contribution is -2.09. The normalized spacial score (nSPS) is 14.1. The summed E-state index contributed by atoms with van der Waals surface area (Å²) in [6.45, 7) is 1.44. The third-order valence-electron chi connectivity index (χ3n) is 5.02.